The summed E-state index contributed by atoms with van der Waals surface area (Å²) in [6.07, 6.45) is 1.58. The first kappa shape index (κ1) is 27.2. The Morgan fingerprint density at radius 3 is 2.45 bits per heavy atom. The van der Waals surface area contributed by atoms with Gasteiger partial charge in [0.05, 0.1) is 30.9 Å². The molecule has 0 amide bonds. The quantitative estimate of drug-likeness (QED) is 0.223. The fourth-order valence-corrected chi connectivity index (χ4v) is 5.69. The van der Waals surface area contributed by atoms with Crippen molar-refractivity contribution in [2.45, 2.75) is 36.8 Å². The van der Waals surface area contributed by atoms with Gasteiger partial charge in [-0.3, -0.25) is 4.90 Å². The van der Waals surface area contributed by atoms with Crippen molar-refractivity contribution in [1.29, 1.82) is 0 Å². The Labute approximate surface area is 231 Å². The molecule has 5 aromatic rings. The summed E-state index contributed by atoms with van der Waals surface area (Å²) in [7, 11) is -2.19. The van der Waals surface area contributed by atoms with E-state index in [1.54, 1.807) is 55.8 Å². The molecule has 5 rings (SSSR count). The van der Waals surface area contributed by atoms with Gasteiger partial charge in [0.15, 0.2) is 21.5 Å². The van der Waals surface area contributed by atoms with Crippen molar-refractivity contribution in [3.05, 3.63) is 125 Å². The van der Waals surface area contributed by atoms with Crippen LogP contribution in [0.3, 0.4) is 0 Å². The Morgan fingerprint density at radius 2 is 1.77 bits per heavy atom. The van der Waals surface area contributed by atoms with Crippen molar-refractivity contribution in [2.75, 3.05) is 7.11 Å². The Balaban J connectivity index is 1.58. The van der Waals surface area contributed by atoms with E-state index >= 15 is 0 Å². The Kier molecular flexibility index (Phi) is 8.04. The molecule has 0 aliphatic rings. The molecule has 9 nitrogen and oxygen atoms in total. The lowest BCUT2D eigenvalue weighted by molar-refractivity contribution is 0.180. The van der Waals surface area contributed by atoms with E-state index in [0.717, 1.165) is 11.1 Å². The van der Waals surface area contributed by atoms with E-state index in [0.29, 0.717) is 30.2 Å². The summed E-state index contributed by atoms with van der Waals surface area (Å²) in [6, 6.07) is 23.2. The van der Waals surface area contributed by atoms with Crippen LogP contribution in [0.4, 0.5) is 4.39 Å². The van der Waals surface area contributed by atoms with E-state index in [9.17, 15) is 12.8 Å². The second-order valence-electron chi connectivity index (χ2n) is 9.38. The zero-order valence-electron chi connectivity index (χ0n) is 22.0. The maximum absolute atomic E-state index is 14.5. The second kappa shape index (κ2) is 11.8. The summed E-state index contributed by atoms with van der Waals surface area (Å²) in [5.41, 5.74) is 2.45. The molecule has 0 fully saturated rings. The van der Waals surface area contributed by atoms with E-state index < -0.39 is 27.6 Å². The third kappa shape index (κ3) is 6.27. The molecule has 206 valence electrons. The smallest absolute Gasteiger partial charge is 0.198 e. The van der Waals surface area contributed by atoms with Crippen LogP contribution in [-0.4, -0.2) is 40.6 Å². The van der Waals surface area contributed by atoms with Crippen LogP contribution in [0.5, 0.6) is 5.75 Å². The molecule has 0 aliphatic heterocycles. The normalized spacial score (nSPS) is 12.5. The number of rotatable bonds is 11. The average Bonchev–Trinajstić information content (AvgIpc) is 3.62. The molecule has 11 heteroatoms. The molecule has 2 heterocycles. The molecule has 2 aromatic heterocycles. The minimum Gasteiger partial charge on any atom is -0.497 e. The zero-order valence-corrected chi connectivity index (χ0v) is 22.8. The van der Waals surface area contributed by atoms with Gasteiger partial charge in [-0.2, -0.15) is 0 Å². The van der Waals surface area contributed by atoms with Crippen LogP contribution in [0, 0.1) is 12.7 Å². The first-order chi connectivity index (χ1) is 19.3. The number of nitrogens with zero attached hydrogens (tertiary/aromatic N) is 5. The molecule has 1 atom stereocenters. The van der Waals surface area contributed by atoms with Gasteiger partial charge in [-0.15, -0.1) is 5.10 Å². The summed E-state index contributed by atoms with van der Waals surface area (Å²) < 4.78 is 53.4. The monoisotopic (exact) mass is 561 g/mol. The first-order valence-electron chi connectivity index (χ1n) is 12.5. The van der Waals surface area contributed by atoms with Gasteiger partial charge >= 0.3 is 0 Å². The largest absolute Gasteiger partial charge is 0.497 e. The van der Waals surface area contributed by atoms with Crippen molar-refractivity contribution in [3.8, 4) is 5.75 Å². The number of methoxy groups -OCH3 is 1. The third-order valence-corrected chi connectivity index (χ3v) is 8.06. The van der Waals surface area contributed by atoms with Crippen molar-refractivity contribution < 1.29 is 22.0 Å². The van der Waals surface area contributed by atoms with Crippen LogP contribution in [-0.2, 0) is 28.8 Å². The number of hydrogen-bond donors (Lipinski definition) is 0. The van der Waals surface area contributed by atoms with Gasteiger partial charge in [0.1, 0.15) is 17.3 Å². The standard InChI is InChI=1S/C29H28FN5O4S/c1-21-8-14-27(15-9-21)40(36,37)20-35-29(31-32-33-35)28(23-5-3-6-24(30)17-23)34(19-26-7-4-16-39-26)18-22-10-12-25(38-2)13-11-22/h3-17,28H,18-20H2,1-2H3/t28-/m1/s1. The SMILES string of the molecule is COc1ccc(CN(Cc2ccco2)[C@H](c2cccc(F)c2)c2nnnn2CS(=O)(=O)c2ccc(C)cc2)cc1. The number of hydrogen-bond acceptors (Lipinski definition) is 8. The summed E-state index contributed by atoms with van der Waals surface area (Å²) >= 11 is 0. The molecule has 0 unspecified atom stereocenters. The molecule has 3 aromatic carbocycles. The lowest BCUT2D eigenvalue weighted by Crippen LogP contribution is -2.32. The van der Waals surface area contributed by atoms with Gasteiger partial charge in [0.25, 0.3) is 0 Å². The molecule has 0 radical (unpaired) electrons. The maximum atomic E-state index is 14.5. The molecular weight excluding hydrogens is 533 g/mol. The minimum atomic E-state index is -3.79. The zero-order chi connectivity index (χ0) is 28.1. The van der Waals surface area contributed by atoms with Crippen LogP contribution in [0.15, 0.2) is 101 Å². The number of tetrazole rings is 1. The first-order valence-corrected chi connectivity index (χ1v) is 14.2. The fourth-order valence-electron chi connectivity index (χ4n) is 4.49. The van der Waals surface area contributed by atoms with Crippen LogP contribution >= 0.6 is 0 Å². The predicted molar refractivity (Wildman–Crippen MR) is 145 cm³/mol. The number of ether oxygens (including phenoxy) is 1. The highest BCUT2D eigenvalue weighted by atomic mass is 32.2. The van der Waals surface area contributed by atoms with Crippen molar-refractivity contribution in [3.63, 3.8) is 0 Å². The number of halogens is 1. The van der Waals surface area contributed by atoms with E-state index in [1.165, 1.54) is 16.8 Å². The van der Waals surface area contributed by atoms with E-state index in [1.807, 2.05) is 42.2 Å². The van der Waals surface area contributed by atoms with Crippen LogP contribution < -0.4 is 4.74 Å². The van der Waals surface area contributed by atoms with Gasteiger partial charge in [-0.05, 0) is 77.0 Å². The van der Waals surface area contributed by atoms with Crippen LogP contribution in [0.1, 0.15) is 34.3 Å². The van der Waals surface area contributed by atoms with Gasteiger partial charge in [0.2, 0.25) is 0 Å². The van der Waals surface area contributed by atoms with Gasteiger partial charge in [-0.25, -0.2) is 17.5 Å². The van der Waals surface area contributed by atoms with E-state index in [4.69, 9.17) is 9.15 Å². The Morgan fingerprint density at radius 1 is 1.00 bits per heavy atom. The predicted octanol–water partition coefficient (Wildman–Crippen LogP) is 4.95. The van der Waals surface area contributed by atoms with E-state index in [-0.39, 0.29) is 10.7 Å². The Bertz CT molecular complexity index is 1650. The number of benzene rings is 3. The highest BCUT2D eigenvalue weighted by Crippen LogP contribution is 2.32. The summed E-state index contributed by atoms with van der Waals surface area (Å²) in [5.74, 6) is 0.716. The number of aromatic nitrogens is 4. The molecule has 40 heavy (non-hydrogen) atoms. The number of sulfone groups is 1. The van der Waals surface area contributed by atoms with E-state index in [2.05, 4.69) is 15.5 Å². The molecule has 0 saturated carbocycles. The highest BCUT2D eigenvalue weighted by Gasteiger charge is 2.31. The second-order valence-corrected chi connectivity index (χ2v) is 11.3. The van der Waals surface area contributed by atoms with Gasteiger partial charge in [0, 0.05) is 6.54 Å². The van der Waals surface area contributed by atoms with Crippen LogP contribution in [0.25, 0.3) is 0 Å². The lowest BCUT2D eigenvalue weighted by atomic mass is 10.0. The molecular formula is C29H28FN5O4S. The van der Waals surface area contributed by atoms with Crippen LogP contribution in [0.2, 0.25) is 0 Å². The van der Waals surface area contributed by atoms with Gasteiger partial charge in [-0.1, -0.05) is 42.0 Å². The van der Waals surface area contributed by atoms with Crippen molar-refractivity contribution >= 4 is 9.84 Å². The number of aryl methyl sites for hydroxylation is 1. The molecule has 0 saturated heterocycles. The topological polar surface area (TPSA) is 103 Å². The van der Waals surface area contributed by atoms with Crippen molar-refractivity contribution in [2.24, 2.45) is 0 Å². The molecule has 0 spiro atoms. The molecule has 0 aliphatic carbocycles. The molecule has 0 N–H and O–H groups in total. The van der Waals surface area contributed by atoms with Gasteiger partial charge < -0.3 is 9.15 Å². The fraction of sp³-hybridized carbons (Fsp3) is 0.207. The lowest BCUT2D eigenvalue weighted by Gasteiger charge is -2.31. The Hall–Kier alpha value is -4.35. The minimum absolute atomic E-state index is 0.160. The maximum Gasteiger partial charge on any atom is 0.198 e. The summed E-state index contributed by atoms with van der Waals surface area (Å²) in [4.78, 5) is 2.17. The summed E-state index contributed by atoms with van der Waals surface area (Å²) in [6.45, 7) is 2.59. The van der Waals surface area contributed by atoms with Crippen molar-refractivity contribution in [1.82, 2.24) is 25.1 Å². The number of furan rings is 1. The highest BCUT2D eigenvalue weighted by molar-refractivity contribution is 7.90. The third-order valence-electron chi connectivity index (χ3n) is 6.49. The molecule has 0 bridgehead atoms. The summed E-state index contributed by atoms with van der Waals surface area (Å²) in [5, 5.41) is 12.1. The average molecular weight is 562 g/mol.